The Morgan fingerprint density at radius 1 is 1.40 bits per heavy atom. The van der Waals surface area contributed by atoms with Crippen molar-refractivity contribution in [2.75, 3.05) is 24.2 Å². The zero-order chi connectivity index (χ0) is 11.6. The van der Waals surface area contributed by atoms with Crippen LogP contribution in [0.1, 0.15) is 26.3 Å². The number of nitrogens with zero attached hydrogens (tertiary/aromatic N) is 2. The van der Waals surface area contributed by atoms with Crippen molar-refractivity contribution in [1.82, 2.24) is 4.98 Å². The second-order valence-electron chi connectivity index (χ2n) is 5.32. The highest BCUT2D eigenvalue weighted by Gasteiger charge is 2.14. The Labute approximate surface area is 92.3 Å². The van der Waals surface area contributed by atoms with E-state index < -0.39 is 0 Å². The molecule has 2 N–H and O–H groups in total. The van der Waals surface area contributed by atoms with Crippen LogP contribution in [0.3, 0.4) is 0 Å². The second-order valence-corrected chi connectivity index (χ2v) is 5.32. The van der Waals surface area contributed by atoms with E-state index in [9.17, 15) is 0 Å². The molecule has 3 nitrogen and oxygen atoms in total. The van der Waals surface area contributed by atoms with Gasteiger partial charge in [-0.1, -0.05) is 20.8 Å². The van der Waals surface area contributed by atoms with Crippen LogP contribution in [0.25, 0.3) is 0 Å². The fourth-order valence-electron chi connectivity index (χ4n) is 1.53. The maximum absolute atomic E-state index is 5.86. The first-order valence-corrected chi connectivity index (χ1v) is 5.23. The molecule has 0 atom stereocenters. The van der Waals surface area contributed by atoms with Gasteiger partial charge >= 0.3 is 0 Å². The van der Waals surface area contributed by atoms with Crippen LogP contribution in [0, 0.1) is 12.3 Å². The lowest BCUT2D eigenvalue weighted by Gasteiger charge is -2.27. The zero-order valence-electron chi connectivity index (χ0n) is 10.3. The third kappa shape index (κ3) is 3.42. The van der Waals surface area contributed by atoms with Crippen molar-refractivity contribution in [2.24, 2.45) is 5.41 Å². The van der Waals surface area contributed by atoms with Crippen molar-refractivity contribution in [3.8, 4) is 0 Å². The molecule has 1 aromatic heterocycles. The molecule has 0 amide bonds. The van der Waals surface area contributed by atoms with Gasteiger partial charge in [-0.3, -0.25) is 0 Å². The van der Waals surface area contributed by atoms with Gasteiger partial charge in [-0.15, -0.1) is 0 Å². The second kappa shape index (κ2) is 4.09. The molecule has 0 fully saturated rings. The minimum Gasteiger partial charge on any atom is -0.398 e. The lowest BCUT2D eigenvalue weighted by Crippen LogP contribution is -2.29. The Morgan fingerprint density at radius 2 is 2.00 bits per heavy atom. The molecule has 0 spiro atoms. The number of aromatic nitrogens is 1. The van der Waals surface area contributed by atoms with E-state index in [1.165, 1.54) is 0 Å². The molecular formula is C12H21N3. The van der Waals surface area contributed by atoms with E-state index in [2.05, 4.69) is 30.7 Å². The van der Waals surface area contributed by atoms with Crippen molar-refractivity contribution in [2.45, 2.75) is 27.7 Å². The van der Waals surface area contributed by atoms with Crippen molar-refractivity contribution >= 4 is 11.5 Å². The normalized spacial score (nSPS) is 11.5. The molecule has 0 saturated heterocycles. The van der Waals surface area contributed by atoms with Gasteiger partial charge in [-0.2, -0.15) is 0 Å². The highest BCUT2D eigenvalue weighted by atomic mass is 15.2. The van der Waals surface area contributed by atoms with E-state index >= 15 is 0 Å². The summed E-state index contributed by atoms with van der Waals surface area (Å²) < 4.78 is 0. The van der Waals surface area contributed by atoms with Gasteiger partial charge < -0.3 is 10.6 Å². The number of anilines is 2. The first-order chi connectivity index (χ1) is 6.79. The first kappa shape index (κ1) is 11.8. The number of rotatable bonds is 2. The maximum atomic E-state index is 5.86. The number of hydrogen-bond donors (Lipinski definition) is 1. The SMILES string of the molecule is Cc1cnc(N(C)CC(C)(C)C)cc1N. The number of nitrogens with two attached hydrogens (primary N) is 1. The molecule has 0 aliphatic rings. The van der Waals surface area contributed by atoms with Gasteiger partial charge in [0.25, 0.3) is 0 Å². The van der Waals surface area contributed by atoms with Crippen LogP contribution < -0.4 is 10.6 Å². The molecule has 0 aliphatic heterocycles. The summed E-state index contributed by atoms with van der Waals surface area (Å²) in [6, 6.07) is 1.93. The van der Waals surface area contributed by atoms with Gasteiger partial charge in [0.05, 0.1) is 0 Å². The molecule has 0 unspecified atom stereocenters. The third-order valence-electron chi connectivity index (χ3n) is 2.23. The van der Waals surface area contributed by atoms with E-state index in [4.69, 9.17) is 5.73 Å². The molecule has 3 heteroatoms. The van der Waals surface area contributed by atoms with Gasteiger partial charge in [0.15, 0.2) is 0 Å². The average Bonchev–Trinajstić information content (AvgIpc) is 2.06. The molecule has 0 bridgehead atoms. The fraction of sp³-hybridized carbons (Fsp3) is 0.583. The van der Waals surface area contributed by atoms with Gasteiger partial charge in [0.1, 0.15) is 5.82 Å². The van der Waals surface area contributed by atoms with Crippen molar-refractivity contribution in [1.29, 1.82) is 0 Å². The largest absolute Gasteiger partial charge is 0.398 e. The molecule has 0 saturated carbocycles. The zero-order valence-corrected chi connectivity index (χ0v) is 10.3. The molecule has 0 aromatic carbocycles. The summed E-state index contributed by atoms with van der Waals surface area (Å²) in [4.78, 5) is 6.50. The van der Waals surface area contributed by atoms with Crippen LogP contribution in [0.5, 0.6) is 0 Å². The van der Waals surface area contributed by atoms with Crippen LogP contribution >= 0.6 is 0 Å². The Morgan fingerprint density at radius 3 is 2.47 bits per heavy atom. The summed E-state index contributed by atoms with van der Waals surface area (Å²) in [5.74, 6) is 0.938. The third-order valence-corrected chi connectivity index (χ3v) is 2.23. The van der Waals surface area contributed by atoms with Crippen LogP contribution in [-0.4, -0.2) is 18.6 Å². The summed E-state index contributed by atoms with van der Waals surface area (Å²) in [6.45, 7) is 9.56. The lowest BCUT2D eigenvalue weighted by atomic mass is 9.96. The molecule has 84 valence electrons. The smallest absolute Gasteiger partial charge is 0.130 e. The average molecular weight is 207 g/mol. The lowest BCUT2D eigenvalue weighted by molar-refractivity contribution is 0.418. The van der Waals surface area contributed by atoms with Gasteiger partial charge in [-0.05, 0) is 17.9 Å². The monoisotopic (exact) mass is 207 g/mol. The number of aryl methyl sites for hydroxylation is 1. The quantitative estimate of drug-likeness (QED) is 0.810. The summed E-state index contributed by atoms with van der Waals surface area (Å²) >= 11 is 0. The van der Waals surface area contributed by atoms with Crippen molar-refractivity contribution < 1.29 is 0 Å². The highest BCUT2D eigenvalue weighted by molar-refractivity contribution is 5.54. The first-order valence-electron chi connectivity index (χ1n) is 5.23. The topological polar surface area (TPSA) is 42.2 Å². The van der Waals surface area contributed by atoms with E-state index in [0.29, 0.717) is 0 Å². The standard InChI is InChI=1S/C12H21N3/c1-9-7-14-11(6-10(9)13)15(5)8-12(2,3)4/h6-7H,8H2,1-5H3,(H2,13,14). The molecular weight excluding hydrogens is 186 g/mol. The van der Waals surface area contributed by atoms with Crippen LogP contribution in [0.15, 0.2) is 12.3 Å². The number of nitrogen functional groups attached to an aromatic ring is 1. The molecule has 1 heterocycles. The Kier molecular flexibility index (Phi) is 3.22. The van der Waals surface area contributed by atoms with Crippen molar-refractivity contribution in [3.05, 3.63) is 17.8 Å². The minimum absolute atomic E-state index is 0.260. The molecule has 1 aromatic rings. The maximum Gasteiger partial charge on any atom is 0.130 e. The summed E-state index contributed by atoms with van der Waals surface area (Å²) in [5.41, 5.74) is 7.95. The fourth-order valence-corrected chi connectivity index (χ4v) is 1.53. The number of hydrogen-bond acceptors (Lipinski definition) is 3. The summed E-state index contributed by atoms with van der Waals surface area (Å²) in [7, 11) is 2.04. The van der Waals surface area contributed by atoms with E-state index in [-0.39, 0.29) is 5.41 Å². The summed E-state index contributed by atoms with van der Waals surface area (Å²) in [6.07, 6.45) is 1.82. The van der Waals surface area contributed by atoms with Crippen LogP contribution in [-0.2, 0) is 0 Å². The molecule has 1 rings (SSSR count). The highest BCUT2D eigenvalue weighted by Crippen LogP contribution is 2.21. The minimum atomic E-state index is 0.260. The van der Waals surface area contributed by atoms with Gasteiger partial charge in [-0.25, -0.2) is 4.98 Å². The molecule has 0 radical (unpaired) electrons. The predicted octanol–water partition coefficient (Wildman–Crippen LogP) is 2.45. The van der Waals surface area contributed by atoms with Crippen LogP contribution in [0.4, 0.5) is 11.5 Å². The van der Waals surface area contributed by atoms with Gasteiger partial charge in [0, 0.05) is 31.5 Å². The summed E-state index contributed by atoms with van der Waals surface area (Å²) in [5, 5.41) is 0. The van der Waals surface area contributed by atoms with Crippen molar-refractivity contribution in [3.63, 3.8) is 0 Å². The Hall–Kier alpha value is -1.25. The number of pyridine rings is 1. The molecule has 0 aliphatic carbocycles. The molecule has 15 heavy (non-hydrogen) atoms. The van der Waals surface area contributed by atoms with E-state index in [0.717, 1.165) is 23.6 Å². The Balaban J connectivity index is 2.83. The van der Waals surface area contributed by atoms with E-state index in [1.54, 1.807) is 0 Å². The van der Waals surface area contributed by atoms with Crippen LogP contribution in [0.2, 0.25) is 0 Å². The van der Waals surface area contributed by atoms with E-state index in [1.807, 2.05) is 26.2 Å². The predicted molar refractivity (Wildman–Crippen MR) is 66.1 cm³/mol. The van der Waals surface area contributed by atoms with Gasteiger partial charge in [0.2, 0.25) is 0 Å². The Bertz CT molecular complexity index is 339.